The summed E-state index contributed by atoms with van der Waals surface area (Å²) < 4.78 is 5.03. The number of nitrogens with one attached hydrogen (secondary N) is 1. The fraction of sp³-hybridized carbons (Fsp3) is 0.579. The molecule has 1 saturated heterocycles. The van der Waals surface area contributed by atoms with Crippen LogP contribution in [-0.4, -0.2) is 43.1 Å². The molecular formula is C19H25ClN2O3. The van der Waals surface area contributed by atoms with Gasteiger partial charge >= 0.3 is 6.09 Å². The molecule has 1 aliphatic carbocycles. The smallest absolute Gasteiger partial charge is 0.409 e. The molecule has 5 nitrogen and oxygen atoms in total. The van der Waals surface area contributed by atoms with E-state index in [1.807, 2.05) is 24.3 Å². The third kappa shape index (κ3) is 4.09. The minimum Gasteiger partial charge on any atom is -0.449 e. The van der Waals surface area contributed by atoms with Crippen molar-refractivity contribution in [2.24, 2.45) is 0 Å². The number of carbonyl (C=O) groups excluding carboxylic acids is 2. The first-order valence-corrected chi connectivity index (χ1v) is 9.46. The average Bonchev–Trinajstić information content (AvgIpc) is 2.64. The Morgan fingerprint density at radius 3 is 2.56 bits per heavy atom. The van der Waals surface area contributed by atoms with Gasteiger partial charge in [-0.05, 0) is 37.0 Å². The van der Waals surface area contributed by atoms with Crippen molar-refractivity contribution in [1.29, 1.82) is 0 Å². The highest BCUT2D eigenvalue weighted by Gasteiger charge is 2.40. The van der Waals surface area contributed by atoms with Gasteiger partial charge in [-0.1, -0.05) is 43.0 Å². The van der Waals surface area contributed by atoms with E-state index in [0.717, 1.165) is 37.7 Å². The number of benzene rings is 1. The molecule has 136 valence electrons. The summed E-state index contributed by atoms with van der Waals surface area (Å²) in [6.45, 7) is 2.11. The van der Waals surface area contributed by atoms with E-state index < -0.39 is 5.41 Å². The number of cyclic esters (lactones) is 1. The first-order chi connectivity index (χ1) is 12.1. The van der Waals surface area contributed by atoms with E-state index >= 15 is 0 Å². The second kappa shape index (κ2) is 8.09. The molecule has 1 heterocycles. The molecule has 0 spiro atoms. The SMILES string of the molecule is O=C1OCCCN1CCNC(=O)C1(c2ccc(Cl)cc2)CCCCC1. The van der Waals surface area contributed by atoms with Crippen LogP contribution in [-0.2, 0) is 14.9 Å². The van der Waals surface area contributed by atoms with Gasteiger partial charge in [-0.2, -0.15) is 0 Å². The predicted octanol–water partition coefficient (Wildman–Crippen LogP) is 3.50. The van der Waals surface area contributed by atoms with E-state index in [2.05, 4.69) is 5.32 Å². The zero-order valence-corrected chi connectivity index (χ0v) is 15.2. The summed E-state index contributed by atoms with van der Waals surface area (Å²) in [6, 6.07) is 7.64. The van der Waals surface area contributed by atoms with Gasteiger partial charge in [-0.25, -0.2) is 4.79 Å². The summed E-state index contributed by atoms with van der Waals surface area (Å²) in [6.07, 6.45) is 5.53. The van der Waals surface area contributed by atoms with Crippen molar-refractivity contribution in [3.05, 3.63) is 34.9 Å². The van der Waals surface area contributed by atoms with Crippen molar-refractivity contribution in [1.82, 2.24) is 10.2 Å². The van der Waals surface area contributed by atoms with E-state index in [4.69, 9.17) is 16.3 Å². The number of amides is 2. The number of ether oxygens (including phenoxy) is 1. The van der Waals surface area contributed by atoms with Crippen molar-refractivity contribution >= 4 is 23.6 Å². The summed E-state index contributed by atoms with van der Waals surface area (Å²) >= 11 is 6.01. The Hall–Kier alpha value is -1.75. The summed E-state index contributed by atoms with van der Waals surface area (Å²) in [5, 5.41) is 3.73. The number of hydrogen-bond donors (Lipinski definition) is 1. The zero-order chi connectivity index (χ0) is 17.7. The van der Waals surface area contributed by atoms with Crippen molar-refractivity contribution in [3.63, 3.8) is 0 Å². The molecule has 6 heteroatoms. The van der Waals surface area contributed by atoms with E-state index in [1.165, 1.54) is 6.42 Å². The summed E-state index contributed by atoms with van der Waals surface area (Å²) in [5.74, 6) is 0.0555. The summed E-state index contributed by atoms with van der Waals surface area (Å²) in [4.78, 5) is 26.4. The number of nitrogens with zero attached hydrogens (tertiary/aromatic N) is 1. The van der Waals surface area contributed by atoms with Crippen molar-refractivity contribution in [2.45, 2.75) is 43.9 Å². The lowest BCUT2D eigenvalue weighted by molar-refractivity contribution is -0.128. The van der Waals surface area contributed by atoms with Gasteiger partial charge in [0.15, 0.2) is 0 Å². The van der Waals surface area contributed by atoms with Crippen LogP contribution in [0.2, 0.25) is 5.02 Å². The molecule has 1 aromatic rings. The van der Waals surface area contributed by atoms with Crippen LogP contribution in [0, 0.1) is 0 Å². The van der Waals surface area contributed by atoms with E-state index in [9.17, 15) is 9.59 Å². The third-order valence-electron chi connectivity index (χ3n) is 5.26. The number of rotatable bonds is 5. The monoisotopic (exact) mass is 364 g/mol. The molecule has 0 aromatic heterocycles. The highest BCUT2D eigenvalue weighted by Crippen LogP contribution is 2.40. The fourth-order valence-electron chi connectivity index (χ4n) is 3.85. The van der Waals surface area contributed by atoms with Crippen LogP contribution < -0.4 is 5.32 Å². The van der Waals surface area contributed by atoms with Gasteiger partial charge < -0.3 is 15.0 Å². The molecule has 0 radical (unpaired) electrons. The van der Waals surface area contributed by atoms with Crippen LogP contribution in [0.4, 0.5) is 4.79 Å². The van der Waals surface area contributed by atoms with Gasteiger partial charge in [-0.15, -0.1) is 0 Å². The van der Waals surface area contributed by atoms with Crippen LogP contribution in [0.25, 0.3) is 0 Å². The first kappa shape index (κ1) is 18.1. The molecule has 2 fully saturated rings. The number of hydrogen-bond acceptors (Lipinski definition) is 3. The molecule has 0 atom stereocenters. The summed E-state index contributed by atoms with van der Waals surface area (Å²) in [5.41, 5.74) is 0.553. The van der Waals surface area contributed by atoms with E-state index in [0.29, 0.717) is 31.3 Å². The Labute approximate surface area is 153 Å². The standard InChI is InChI=1S/C19H25ClN2O3/c20-16-7-5-15(6-8-16)19(9-2-1-3-10-19)17(23)21-11-13-22-12-4-14-25-18(22)24/h5-8H,1-4,9-14H2,(H,21,23). The maximum absolute atomic E-state index is 13.0. The second-order valence-corrected chi connectivity index (χ2v) is 7.30. The average molecular weight is 365 g/mol. The topological polar surface area (TPSA) is 58.6 Å². The normalized spacial score (nSPS) is 20.0. The van der Waals surface area contributed by atoms with Crippen LogP contribution >= 0.6 is 11.6 Å². The highest BCUT2D eigenvalue weighted by molar-refractivity contribution is 6.30. The van der Waals surface area contributed by atoms with Crippen molar-refractivity contribution in [2.75, 3.05) is 26.2 Å². The summed E-state index contributed by atoms with van der Waals surface area (Å²) in [7, 11) is 0. The van der Waals surface area contributed by atoms with Gasteiger partial charge in [0, 0.05) is 24.7 Å². The van der Waals surface area contributed by atoms with Crippen LogP contribution in [0.3, 0.4) is 0 Å². The molecule has 25 heavy (non-hydrogen) atoms. The molecule has 3 rings (SSSR count). The predicted molar refractivity (Wildman–Crippen MR) is 96.8 cm³/mol. The lowest BCUT2D eigenvalue weighted by Crippen LogP contribution is -2.49. The Kier molecular flexibility index (Phi) is 5.84. The minimum absolute atomic E-state index is 0.0555. The Morgan fingerprint density at radius 2 is 1.88 bits per heavy atom. The van der Waals surface area contributed by atoms with Crippen LogP contribution in [0.1, 0.15) is 44.1 Å². The molecule has 0 unspecified atom stereocenters. The molecule has 0 bridgehead atoms. The van der Waals surface area contributed by atoms with Gasteiger partial charge in [0.05, 0.1) is 12.0 Å². The molecule has 1 aliphatic heterocycles. The Balaban J connectivity index is 1.65. The quantitative estimate of drug-likeness (QED) is 0.869. The maximum atomic E-state index is 13.0. The first-order valence-electron chi connectivity index (χ1n) is 9.08. The molecule has 2 amide bonds. The highest BCUT2D eigenvalue weighted by atomic mass is 35.5. The van der Waals surface area contributed by atoms with Gasteiger partial charge in [0.2, 0.25) is 5.91 Å². The second-order valence-electron chi connectivity index (χ2n) is 6.86. The largest absolute Gasteiger partial charge is 0.449 e. The Bertz CT molecular complexity index is 612. The third-order valence-corrected chi connectivity index (χ3v) is 5.51. The van der Waals surface area contributed by atoms with Gasteiger partial charge in [0.1, 0.15) is 0 Å². The minimum atomic E-state index is -0.481. The van der Waals surface area contributed by atoms with E-state index in [1.54, 1.807) is 4.90 Å². The van der Waals surface area contributed by atoms with Crippen LogP contribution in [0.15, 0.2) is 24.3 Å². The molecule has 1 N–H and O–H groups in total. The molecule has 1 aromatic carbocycles. The van der Waals surface area contributed by atoms with Gasteiger partial charge in [-0.3, -0.25) is 4.79 Å². The fourth-order valence-corrected chi connectivity index (χ4v) is 3.97. The van der Waals surface area contributed by atoms with Crippen molar-refractivity contribution in [3.8, 4) is 0 Å². The number of carbonyl (C=O) groups is 2. The maximum Gasteiger partial charge on any atom is 0.409 e. The number of halogens is 1. The van der Waals surface area contributed by atoms with Crippen LogP contribution in [0.5, 0.6) is 0 Å². The lowest BCUT2D eigenvalue weighted by atomic mass is 9.68. The van der Waals surface area contributed by atoms with Crippen molar-refractivity contribution < 1.29 is 14.3 Å². The zero-order valence-electron chi connectivity index (χ0n) is 14.4. The molecule has 2 aliphatic rings. The lowest BCUT2D eigenvalue weighted by Gasteiger charge is -2.36. The Morgan fingerprint density at radius 1 is 1.16 bits per heavy atom. The molecular weight excluding hydrogens is 340 g/mol. The van der Waals surface area contributed by atoms with Gasteiger partial charge in [0.25, 0.3) is 0 Å². The van der Waals surface area contributed by atoms with E-state index in [-0.39, 0.29) is 12.0 Å². The molecule has 1 saturated carbocycles.